The van der Waals surface area contributed by atoms with Crippen molar-refractivity contribution in [3.63, 3.8) is 0 Å². The highest BCUT2D eigenvalue weighted by atomic mass is 19.4. The van der Waals surface area contributed by atoms with Crippen molar-refractivity contribution < 1.29 is 39.5 Å². The standard InChI is InChI=1S/C25H14F9N5/c26-17-3-1-2-15(21(17)28)23-37-19-9-36-39(11-20(19)38-23)10-12-6-18(27)22(35-8-12)14-5-4-13(24(29,30)31)7-16(14)25(32,33)34/h1-9H,10-11H2,(H,37,38). The highest BCUT2D eigenvalue weighted by molar-refractivity contribution is 5.80. The van der Waals surface area contributed by atoms with E-state index in [0.29, 0.717) is 23.5 Å². The smallest absolute Gasteiger partial charge is 0.337 e. The maximum atomic E-state index is 14.9. The lowest BCUT2D eigenvalue weighted by Crippen LogP contribution is -2.21. The van der Waals surface area contributed by atoms with E-state index in [4.69, 9.17) is 0 Å². The summed E-state index contributed by atoms with van der Waals surface area (Å²) < 4.78 is 122. The van der Waals surface area contributed by atoms with Crippen molar-refractivity contribution in [3.8, 4) is 22.6 Å². The molecule has 0 saturated carbocycles. The lowest BCUT2D eigenvalue weighted by Gasteiger charge is -2.21. The van der Waals surface area contributed by atoms with Crippen LogP contribution in [0.1, 0.15) is 28.1 Å². The average molecular weight is 555 g/mol. The van der Waals surface area contributed by atoms with Gasteiger partial charge in [-0.05, 0) is 35.9 Å². The second kappa shape index (κ2) is 9.43. The summed E-state index contributed by atoms with van der Waals surface area (Å²) in [6, 6.07) is 5.40. The summed E-state index contributed by atoms with van der Waals surface area (Å²) in [4.78, 5) is 10.9. The number of alkyl halides is 6. The number of imidazole rings is 1. The van der Waals surface area contributed by atoms with Crippen LogP contribution in [0.4, 0.5) is 39.5 Å². The molecule has 5 rings (SSSR count). The van der Waals surface area contributed by atoms with Crippen LogP contribution in [0.3, 0.4) is 0 Å². The Morgan fingerprint density at radius 2 is 1.64 bits per heavy atom. The van der Waals surface area contributed by atoms with Crippen molar-refractivity contribution in [2.45, 2.75) is 25.4 Å². The van der Waals surface area contributed by atoms with Crippen molar-refractivity contribution in [2.75, 3.05) is 0 Å². The number of benzene rings is 2. The molecule has 14 heteroatoms. The van der Waals surface area contributed by atoms with Crippen molar-refractivity contribution in [3.05, 3.63) is 94.2 Å². The van der Waals surface area contributed by atoms with E-state index in [-0.39, 0.29) is 36.1 Å². The lowest BCUT2D eigenvalue weighted by molar-refractivity contribution is -0.142. The van der Waals surface area contributed by atoms with Gasteiger partial charge in [0.25, 0.3) is 0 Å². The van der Waals surface area contributed by atoms with E-state index in [9.17, 15) is 39.5 Å². The Morgan fingerprint density at radius 1 is 0.872 bits per heavy atom. The Hall–Kier alpha value is -4.36. The van der Waals surface area contributed by atoms with Gasteiger partial charge in [-0.25, -0.2) is 18.2 Å². The second-order valence-electron chi connectivity index (χ2n) is 8.54. The molecule has 2 aromatic carbocycles. The average Bonchev–Trinajstić information content (AvgIpc) is 3.27. The van der Waals surface area contributed by atoms with Crippen LogP contribution in [-0.4, -0.2) is 26.2 Å². The minimum Gasteiger partial charge on any atom is -0.337 e. The van der Waals surface area contributed by atoms with E-state index in [1.807, 2.05) is 0 Å². The molecular weight excluding hydrogens is 541 g/mol. The van der Waals surface area contributed by atoms with Crippen LogP contribution in [0.2, 0.25) is 0 Å². The highest BCUT2D eigenvalue weighted by Gasteiger charge is 2.39. The molecule has 0 fully saturated rings. The summed E-state index contributed by atoms with van der Waals surface area (Å²) in [6.45, 7) is 0.00949. The molecule has 1 N–H and O–H groups in total. The van der Waals surface area contributed by atoms with Crippen LogP contribution in [0.15, 0.2) is 53.8 Å². The second-order valence-corrected chi connectivity index (χ2v) is 8.54. The summed E-state index contributed by atoms with van der Waals surface area (Å²) in [5.74, 6) is -3.24. The summed E-state index contributed by atoms with van der Waals surface area (Å²) in [5.41, 5.74) is -3.84. The number of aromatic nitrogens is 3. The summed E-state index contributed by atoms with van der Waals surface area (Å²) in [7, 11) is 0. The topological polar surface area (TPSA) is 57.2 Å². The van der Waals surface area contributed by atoms with E-state index in [1.165, 1.54) is 23.4 Å². The van der Waals surface area contributed by atoms with Gasteiger partial charge in [0.05, 0.1) is 47.4 Å². The normalized spacial score (nSPS) is 13.6. The first kappa shape index (κ1) is 26.3. The molecule has 2 aromatic heterocycles. The maximum absolute atomic E-state index is 14.9. The van der Waals surface area contributed by atoms with Gasteiger partial charge in [-0.3, -0.25) is 9.99 Å². The molecule has 0 saturated heterocycles. The molecule has 0 atom stereocenters. The number of rotatable bonds is 4. The van der Waals surface area contributed by atoms with Crippen LogP contribution in [0.5, 0.6) is 0 Å². The number of nitrogens with zero attached hydrogens (tertiary/aromatic N) is 4. The van der Waals surface area contributed by atoms with Gasteiger partial charge in [0.2, 0.25) is 0 Å². The Kier molecular flexibility index (Phi) is 6.35. The molecule has 4 aromatic rings. The molecular formula is C25H14F9N5. The third-order valence-corrected chi connectivity index (χ3v) is 5.87. The monoisotopic (exact) mass is 555 g/mol. The van der Waals surface area contributed by atoms with Crippen molar-refractivity contribution >= 4 is 6.21 Å². The number of hydrogen-bond acceptors (Lipinski definition) is 4. The maximum Gasteiger partial charge on any atom is 0.417 e. The number of pyridine rings is 1. The number of hydrogen-bond donors (Lipinski definition) is 1. The lowest BCUT2D eigenvalue weighted by atomic mass is 9.99. The van der Waals surface area contributed by atoms with Gasteiger partial charge >= 0.3 is 12.4 Å². The SMILES string of the molecule is Fc1cc(CN2Cc3nc(-c4cccc(F)c4F)[nH]c3C=N2)cnc1-c1ccc(C(F)(F)F)cc1C(F)(F)F. The predicted molar refractivity (Wildman–Crippen MR) is 120 cm³/mol. The minimum absolute atomic E-state index is 0.0597. The first-order valence-electron chi connectivity index (χ1n) is 11.1. The molecule has 0 radical (unpaired) electrons. The quantitative estimate of drug-likeness (QED) is 0.278. The molecule has 0 bridgehead atoms. The highest BCUT2D eigenvalue weighted by Crippen LogP contribution is 2.41. The molecule has 39 heavy (non-hydrogen) atoms. The van der Waals surface area contributed by atoms with E-state index < -0.39 is 52.2 Å². The number of aromatic amines is 1. The fourth-order valence-electron chi connectivity index (χ4n) is 4.05. The first-order valence-corrected chi connectivity index (χ1v) is 11.1. The summed E-state index contributed by atoms with van der Waals surface area (Å²) in [5, 5.41) is 5.59. The molecule has 3 heterocycles. The van der Waals surface area contributed by atoms with Gasteiger partial charge in [0.15, 0.2) is 11.6 Å². The number of halogens is 9. The van der Waals surface area contributed by atoms with E-state index in [0.717, 1.165) is 18.3 Å². The Morgan fingerprint density at radius 3 is 2.33 bits per heavy atom. The third-order valence-electron chi connectivity index (χ3n) is 5.87. The molecule has 1 aliphatic rings. The third kappa shape index (κ3) is 5.18. The zero-order valence-corrected chi connectivity index (χ0v) is 19.3. The van der Waals surface area contributed by atoms with Crippen LogP contribution < -0.4 is 0 Å². The fraction of sp³-hybridized carbons (Fsp3) is 0.160. The molecule has 5 nitrogen and oxygen atoms in total. The Labute approximate surface area is 213 Å². The molecule has 202 valence electrons. The Bertz CT molecular complexity index is 1590. The molecule has 0 unspecified atom stereocenters. The summed E-state index contributed by atoms with van der Waals surface area (Å²) >= 11 is 0. The van der Waals surface area contributed by atoms with Gasteiger partial charge in [0, 0.05) is 11.8 Å². The van der Waals surface area contributed by atoms with E-state index in [1.54, 1.807) is 0 Å². The van der Waals surface area contributed by atoms with Crippen molar-refractivity contribution in [1.29, 1.82) is 0 Å². The fourth-order valence-corrected chi connectivity index (χ4v) is 4.05. The zero-order valence-electron chi connectivity index (χ0n) is 19.3. The summed E-state index contributed by atoms with van der Waals surface area (Å²) in [6.07, 6.45) is -7.77. The van der Waals surface area contributed by atoms with Crippen LogP contribution >= 0.6 is 0 Å². The molecule has 1 aliphatic heterocycles. The van der Waals surface area contributed by atoms with E-state index >= 15 is 0 Å². The predicted octanol–water partition coefficient (Wildman–Crippen LogP) is 6.94. The van der Waals surface area contributed by atoms with E-state index in [2.05, 4.69) is 20.1 Å². The molecule has 0 spiro atoms. The number of nitrogens with one attached hydrogen (secondary N) is 1. The largest absolute Gasteiger partial charge is 0.417 e. The van der Waals surface area contributed by atoms with Crippen LogP contribution in [-0.2, 0) is 25.4 Å². The van der Waals surface area contributed by atoms with Crippen LogP contribution in [0.25, 0.3) is 22.6 Å². The van der Waals surface area contributed by atoms with Crippen molar-refractivity contribution in [2.24, 2.45) is 5.10 Å². The minimum atomic E-state index is -5.19. The van der Waals surface area contributed by atoms with Gasteiger partial charge in [-0.1, -0.05) is 12.1 Å². The number of H-pyrrole nitrogens is 1. The molecule has 0 amide bonds. The van der Waals surface area contributed by atoms with Gasteiger partial charge in [0.1, 0.15) is 17.3 Å². The number of hydrazone groups is 1. The Balaban J connectivity index is 1.38. The first-order chi connectivity index (χ1) is 18.3. The van der Waals surface area contributed by atoms with Crippen molar-refractivity contribution in [1.82, 2.24) is 20.0 Å². The van der Waals surface area contributed by atoms with Gasteiger partial charge in [-0.15, -0.1) is 0 Å². The molecule has 0 aliphatic carbocycles. The zero-order chi connectivity index (χ0) is 28.1. The van der Waals surface area contributed by atoms with Gasteiger partial charge in [-0.2, -0.15) is 31.4 Å². The van der Waals surface area contributed by atoms with Gasteiger partial charge < -0.3 is 4.98 Å². The number of fused-ring (bicyclic) bond motifs is 1. The van der Waals surface area contributed by atoms with Crippen LogP contribution in [0, 0.1) is 17.5 Å².